The molecule has 0 aliphatic carbocycles. The summed E-state index contributed by atoms with van der Waals surface area (Å²) in [6.45, 7) is 2.63. The average Bonchev–Trinajstić information content (AvgIpc) is 2.69. The number of halogens is 2. The van der Waals surface area contributed by atoms with E-state index in [0.29, 0.717) is 16.1 Å². The number of anilines is 1. The zero-order valence-corrected chi connectivity index (χ0v) is 13.1. The number of nitrogens with two attached hydrogens (primary N) is 1. The van der Waals surface area contributed by atoms with Crippen molar-refractivity contribution in [3.63, 3.8) is 0 Å². The van der Waals surface area contributed by atoms with E-state index in [9.17, 15) is 4.39 Å². The first-order chi connectivity index (χ1) is 9.54. The smallest absolute Gasteiger partial charge is 0.201 e. The van der Waals surface area contributed by atoms with Gasteiger partial charge in [-0.1, -0.05) is 29.8 Å². The summed E-state index contributed by atoms with van der Waals surface area (Å²) in [4.78, 5) is 4.30. The van der Waals surface area contributed by atoms with E-state index in [0.717, 1.165) is 16.6 Å². The number of fused-ring (bicyclic) bond motifs is 1. The summed E-state index contributed by atoms with van der Waals surface area (Å²) in [7, 11) is 0. The van der Waals surface area contributed by atoms with Gasteiger partial charge in [0.15, 0.2) is 0 Å². The molecular weight excluding hydrogens is 368 g/mol. The first-order valence-electron chi connectivity index (χ1n) is 6.21. The standard InChI is InChI=1S/C15H13FIN3/c1-9-2-4-10(5-3-9)8-20-14-6-11(16)12(17)7-13(14)19-15(20)18/h2-7H,8H2,1H3,(H2,18,19). The molecule has 2 N–H and O–H groups in total. The molecular formula is C15H13FIN3. The summed E-state index contributed by atoms with van der Waals surface area (Å²) < 4.78 is 16.1. The highest BCUT2D eigenvalue weighted by molar-refractivity contribution is 14.1. The molecule has 0 aliphatic rings. The molecule has 0 aliphatic heterocycles. The van der Waals surface area contributed by atoms with Gasteiger partial charge in [-0.05, 0) is 41.1 Å². The van der Waals surface area contributed by atoms with Gasteiger partial charge in [-0.25, -0.2) is 9.37 Å². The van der Waals surface area contributed by atoms with Crippen molar-refractivity contribution in [2.75, 3.05) is 5.73 Å². The molecule has 20 heavy (non-hydrogen) atoms. The highest BCUT2D eigenvalue weighted by Gasteiger charge is 2.11. The molecule has 2 aromatic carbocycles. The second-order valence-corrected chi connectivity index (χ2v) is 5.96. The van der Waals surface area contributed by atoms with Crippen LogP contribution in [0.3, 0.4) is 0 Å². The van der Waals surface area contributed by atoms with Gasteiger partial charge >= 0.3 is 0 Å². The lowest BCUT2D eigenvalue weighted by molar-refractivity contribution is 0.621. The summed E-state index contributed by atoms with van der Waals surface area (Å²) in [5, 5.41) is 0. The molecule has 0 saturated carbocycles. The molecule has 0 unspecified atom stereocenters. The lowest BCUT2D eigenvalue weighted by atomic mass is 10.1. The van der Waals surface area contributed by atoms with Crippen LogP contribution in [0.2, 0.25) is 0 Å². The minimum Gasteiger partial charge on any atom is -0.369 e. The number of imidazole rings is 1. The van der Waals surface area contributed by atoms with E-state index in [2.05, 4.69) is 4.98 Å². The van der Waals surface area contributed by atoms with Gasteiger partial charge in [-0.2, -0.15) is 0 Å². The molecule has 1 aromatic heterocycles. The fraction of sp³-hybridized carbons (Fsp3) is 0.133. The van der Waals surface area contributed by atoms with Crippen molar-refractivity contribution in [3.8, 4) is 0 Å². The average molecular weight is 381 g/mol. The second-order valence-electron chi connectivity index (χ2n) is 4.80. The Hall–Kier alpha value is -1.63. The van der Waals surface area contributed by atoms with Crippen LogP contribution < -0.4 is 5.73 Å². The van der Waals surface area contributed by atoms with Gasteiger partial charge in [0.25, 0.3) is 0 Å². The Labute approximate surface area is 129 Å². The number of rotatable bonds is 2. The summed E-state index contributed by atoms with van der Waals surface area (Å²) in [6, 6.07) is 11.4. The first-order valence-corrected chi connectivity index (χ1v) is 7.29. The molecule has 3 nitrogen and oxygen atoms in total. The maximum atomic E-state index is 13.7. The van der Waals surface area contributed by atoms with Gasteiger partial charge in [0, 0.05) is 6.07 Å². The van der Waals surface area contributed by atoms with Crippen LogP contribution in [0.25, 0.3) is 11.0 Å². The van der Waals surface area contributed by atoms with E-state index in [4.69, 9.17) is 5.73 Å². The van der Waals surface area contributed by atoms with Crippen molar-refractivity contribution in [2.45, 2.75) is 13.5 Å². The number of nitrogen functional groups attached to an aromatic ring is 1. The van der Waals surface area contributed by atoms with Gasteiger partial charge in [-0.3, -0.25) is 0 Å². The summed E-state index contributed by atoms with van der Waals surface area (Å²) in [5.74, 6) is 0.158. The van der Waals surface area contributed by atoms with Crippen molar-refractivity contribution in [3.05, 3.63) is 56.9 Å². The Balaban J connectivity index is 2.08. The fourth-order valence-corrected chi connectivity index (χ4v) is 2.63. The lowest BCUT2D eigenvalue weighted by Crippen LogP contribution is -2.04. The van der Waals surface area contributed by atoms with Gasteiger partial charge in [0.1, 0.15) is 5.82 Å². The second kappa shape index (κ2) is 5.05. The maximum Gasteiger partial charge on any atom is 0.201 e. The van der Waals surface area contributed by atoms with Crippen LogP contribution >= 0.6 is 22.6 Å². The Bertz CT molecular complexity index is 778. The number of aromatic nitrogens is 2. The van der Waals surface area contributed by atoms with E-state index >= 15 is 0 Å². The van der Waals surface area contributed by atoms with Crippen LogP contribution in [0.15, 0.2) is 36.4 Å². The summed E-state index contributed by atoms with van der Waals surface area (Å²) >= 11 is 1.96. The molecule has 1 heterocycles. The maximum absolute atomic E-state index is 13.7. The van der Waals surface area contributed by atoms with E-state index in [-0.39, 0.29) is 5.82 Å². The highest BCUT2D eigenvalue weighted by atomic mass is 127. The topological polar surface area (TPSA) is 43.8 Å². The van der Waals surface area contributed by atoms with Crippen molar-refractivity contribution in [2.24, 2.45) is 0 Å². The van der Waals surface area contributed by atoms with Gasteiger partial charge in [0.05, 0.1) is 21.1 Å². The molecule has 3 aromatic rings. The Morgan fingerprint density at radius 1 is 1.25 bits per heavy atom. The molecule has 0 atom stereocenters. The normalized spacial score (nSPS) is 11.2. The highest BCUT2D eigenvalue weighted by Crippen LogP contribution is 2.23. The van der Waals surface area contributed by atoms with Crippen molar-refractivity contribution < 1.29 is 4.39 Å². The van der Waals surface area contributed by atoms with E-state index in [1.165, 1.54) is 11.6 Å². The van der Waals surface area contributed by atoms with E-state index in [1.807, 2.05) is 58.3 Å². The fourth-order valence-electron chi connectivity index (χ4n) is 2.18. The Kier molecular flexibility index (Phi) is 3.37. The molecule has 0 spiro atoms. The molecule has 102 valence electrons. The van der Waals surface area contributed by atoms with Crippen LogP contribution in [0, 0.1) is 16.3 Å². The minimum absolute atomic E-state index is 0.247. The SMILES string of the molecule is Cc1ccc(Cn2c(N)nc3cc(I)c(F)cc32)cc1. The lowest BCUT2D eigenvalue weighted by Gasteiger charge is -2.07. The summed E-state index contributed by atoms with van der Waals surface area (Å²) in [6.07, 6.45) is 0. The predicted octanol–water partition coefficient (Wildman–Crippen LogP) is 3.72. The number of nitrogens with zero attached hydrogens (tertiary/aromatic N) is 2. The minimum atomic E-state index is -0.247. The molecule has 5 heteroatoms. The van der Waals surface area contributed by atoms with E-state index < -0.39 is 0 Å². The van der Waals surface area contributed by atoms with E-state index in [1.54, 1.807) is 6.07 Å². The Morgan fingerprint density at radius 2 is 1.95 bits per heavy atom. The zero-order valence-electron chi connectivity index (χ0n) is 10.9. The molecule has 3 rings (SSSR count). The van der Waals surface area contributed by atoms with Gasteiger partial charge < -0.3 is 10.3 Å². The Morgan fingerprint density at radius 3 is 2.65 bits per heavy atom. The number of benzene rings is 2. The molecule has 0 bridgehead atoms. The quantitative estimate of drug-likeness (QED) is 0.688. The van der Waals surface area contributed by atoms with Crippen LogP contribution in [0.5, 0.6) is 0 Å². The number of hydrogen-bond donors (Lipinski definition) is 1. The monoisotopic (exact) mass is 381 g/mol. The predicted molar refractivity (Wildman–Crippen MR) is 87.1 cm³/mol. The molecule has 0 radical (unpaired) electrons. The van der Waals surface area contributed by atoms with Crippen LogP contribution in [-0.4, -0.2) is 9.55 Å². The van der Waals surface area contributed by atoms with Crippen LogP contribution in [-0.2, 0) is 6.54 Å². The number of aryl methyl sites for hydroxylation is 1. The first kappa shape index (κ1) is 13.4. The molecule has 0 fully saturated rings. The zero-order chi connectivity index (χ0) is 14.3. The third kappa shape index (κ3) is 2.37. The molecule has 0 amide bonds. The molecule has 0 saturated heterocycles. The summed E-state index contributed by atoms with van der Waals surface area (Å²) in [5.41, 5.74) is 9.72. The largest absolute Gasteiger partial charge is 0.369 e. The van der Waals surface area contributed by atoms with Gasteiger partial charge in [0.2, 0.25) is 5.95 Å². The number of hydrogen-bond acceptors (Lipinski definition) is 2. The van der Waals surface area contributed by atoms with Crippen molar-refractivity contribution in [1.29, 1.82) is 0 Å². The van der Waals surface area contributed by atoms with Crippen LogP contribution in [0.1, 0.15) is 11.1 Å². The van der Waals surface area contributed by atoms with Crippen molar-refractivity contribution in [1.82, 2.24) is 9.55 Å². The van der Waals surface area contributed by atoms with Gasteiger partial charge in [-0.15, -0.1) is 0 Å². The van der Waals surface area contributed by atoms with Crippen LogP contribution in [0.4, 0.5) is 10.3 Å². The third-order valence-corrected chi connectivity index (χ3v) is 4.11. The van der Waals surface area contributed by atoms with Crippen molar-refractivity contribution >= 4 is 39.6 Å². The third-order valence-electron chi connectivity index (χ3n) is 3.28.